The van der Waals surface area contributed by atoms with Crippen molar-refractivity contribution in [2.75, 3.05) is 19.8 Å². The molecule has 0 saturated carbocycles. The number of aliphatic carboxylic acids is 1. The maximum atomic E-state index is 12.4. The summed E-state index contributed by atoms with van der Waals surface area (Å²) >= 11 is 0. The summed E-state index contributed by atoms with van der Waals surface area (Å²) < 4.78 is 5.19. The van der Waals surface area contributed by atoms with Gasteiger partial charge in [0.05, 0.1) is 0 Å². The van der Waals surface area contributed by atoms with Gasteiger partial charge in [-0.15, -0.1) is 6.58 Å². The number of nitrogens with one attached hydrogen (secondary N) is 1. The second-order valence-electron chi connectivity index (χ2n) is 6.00. The van der Waals surface area contributed by atoms with E-state index in [0.717, 1.165) is 0 Å². The normalized spacial score (nSPS) is 18.1. The van der Waals surface area contributed by atoms with Gasteiger partial charge in [0.2, 0.25) is 0 Å². The fourth-order valence-electron chi connectivity index (χ4n) is 2.17. The van der Waals surface area contributed by atoms with Gasteiger partial charge in [0, 0.05) is 38.1 Å². The van der Waals surface area contributed by atoms with Crippen molar-refractivity contribution in [1.29, 1.82) is 0 Å². The summed E-state index contributed by atoms with van der Waals surface area (Å²) in [5.41, 5.74) is -1.65. The predicted octanol–water partition coefficient (Wildman–Crippen LogP) is 1.62. The third-order valence-corrected chi connectivity index (χ3v) is 3.47. The van der Waals surface area contributed by atoms with Crippen LogP contribution in [0.25, 0.3) is 0 Å². The molecule has 1 aliphatic rings. The van der Waals surface area contributed by atoms with Crippen LogP contribution in [0.1, 0.15) is 33.6 Å². The van der Waals surface area contributed by atoms with Crippen LogP contribution in [-0.4, -0.2) is 52.8 Å². The number of carbonyl (C=O) groups excluding carboxylic acids is 1. The zero-order chi connectivity index (χ0) is 15.4. The summed E-state index contributed by atoms with van der Waals surface area (Å²) in [4.78, 5) is 25.5. The van der Waals surface area contributed by atoms with Crippen LogP contribution in [0, 0.1) is 0 Å². The first kappa shape index (κ1) is 16.5. The summed E-state index contributed by atoms with van der Waals surface area (Å²) in [6, 6.07) is -0.387. The monoisotopic (exact) mass is 284 g/mol. The zero-order valence-electron chi connectivity index (χ0n) is 12.4. The molecular formula is C14H24N2O4. The van der Waals surface area contributed by atoms with E-state index < -0.39 is 17.0 Å². The maximum absolute atomic E-state index is 12.4. The summed E-state index contributed by atoms with van der Waals surface area (Å²) in [6.45, 7) is 10.4. The maximum Gasteiger partial charge on any atom is 0.329 e. The third kappa shape index (κ3) is 3.72. The number of ether oxygens (including phenoxy) is 1. The van der Waals surface area contributed by atoms with Crippen molar-refractivity contribution in [3.8, 4) is 0 Å². The molecule has 0 aromatic heterocycles. The minimum atomic E-state index is -1.24. The van der Waals surface area contributed by atoms with E-state index >= 15 is 0 Å². The van der Waals surface area contributed by atoms with E-state index in [4.69, 9.17) is 4.74 Å². The number of hydrogen-bond acceptors (Lipinski definition) is 3. The molecule has 0 atom stereocenters. The molecule has 2 N–H and O–H groups in total. The van der Waals surface area contributed by atoms with Crippen molar-refractivity contribution < 1.29 is 19.4 Å². The molecule has 114 valence electrons. The Morgan fingerprint density at radius 3 is 2.35 bits per heavy atom. The van der Waals surface area contributed by atoms with Crippen molar-refractivity contribution in [3.63, 3.8) is 0 Å². The average Bonchev–Trinajstić information content (AvgIpc) is 2.35. The third-order valence-electron chi connectivity index (χ3n) is 3.47. The first-order chi connectivity index (χ1) is 9.23. The summed E-state index contributed by atoms with van der Waals surface area (Å²) in [5.74, 6) is -1.01. The Kier molecular flexibility index (Phi) is 5.16. The van der Waals surface area contributed by atoms with Crippen LogP contribution in [0.3, 0.4) is 0 Å². The van der Waals surface area contributed by atoms with Gasteiger partial charge in [0.15, 0.2) is 0 Å². The minimum Gasteiger partial charge on any atom is -0.480 e. The van der Waals surface area contributed by atoms with E-state index in [1.807, 2.05) is 20.8 Å². The van der Waals surface area contributed by atoms with Gasteiger partial charge in [-0.3, -0.25) is 0 Å². The van der Waals surface area contributed by atoms with Crippen molar-refractivity contribution >= 4 is 12.0 Å². The first-order valence-corrected chi connectivity index (χ1v) is 6.75. The Labute approximate surface area is 119 Å². The van der Waals surface area contributed by atoms with Crippen LogP contribution in [0.4, 0.5) is 4.79 Å². The second-order valence-corrected chi connectivity index (χ2v) is 6.00. The zero-order valence-corrected chi connectivity index (χ0v) is 12.4. The van der Waals surface area contributed by atoms with E-state index in [1.165, 1.54) is 0 Å². The van der Waals surface area contributed by atoms with Gasteiger partial charge in [0.25, 0.3) is 0 Å². The van der Waals surface area contributed by atoms with Gasteiger partial charge < -0.3 is 20.1 Å². The number of carboxylic acid groups (broad SMARTS) is 1. The average molecular weight is 284 g/mol. The largest absolute Gasteiger partial charge is 0.480 e. The Balaban J connectivity index is 2.89. The highest BCUT2D eigenvalue weighted by Gasteiger charge is 2.43. The lowest BCUT2D eigenvalue weighted by Gasteiger charge is -2.40. The molecule has 0 spiro atoms. The Morgan fingerprint density at radius 1 is 1.40 bits per heavy atom. The fourth-order valence-corrected chi connectivity index (χ4v) is 2.17. The van der Waals surface area contributed by atoms with Gasteiger partial charge in [-0.1, -0.05) is 6.08 Å². The van der Waals surface area contributed by atoms with Gasteiger partial charge >= 0.3 is 12.0 Å². The lowest BCUT2D eigenvalue weighted by atomic mass is 9.90. The standard InChI is InChI=1S/C14H24N2O4/c1-5-8-16(13(2,3)4)12(19)15-14(11(17)18)6-9-20-10-7-14/h5H,1,6-10H2,2-4H3,(H,15,19)(H,17,18). The molecule has 1 fully saturated rings. The van der Waals surface area contributed by atoms with E-state index in [9.17, 15) is 14.7 Å². The molecule has 20 heavy (non-hydrogen) atoms. The highest BCUT2D eigenvalue weighted by Crippen LogP contribution is 2.23. The molecule has 0 aromatic carbocycles. The lowest BCUT2D eigenvalue weighted by molar-refractivity contribution is -0.148. The summed E-state index contributed by atoms with van der Waals surface area (Å²) in [6.07, 6.45) is 2.18. The smallest absolute Gasteiger partial charge is 0.329 e. The summed E-state index contributed by atoms with van der Waals surface area (Å²) in [7, 11) is 0. The first-order valence-electron chi connectivity index (χ1n) is 6.75. The molecule has 6 heteroatoms. The molecular weight excluding hydrogens is 260 g/mol. The molecule has 1 heterocycles. The number of rotatable bonds is 4. The van der Waals surface area contributed by atoms with Gasteiger partial charge in [0.1, 0.15) is 5.54 Å². The Hall–Kier alpha value is -1.56. The van der Waals surface area contributed by atoms with Crippen LogP contribution in [-0.2, 0) is 9.53 Å². The molecule has 0 unspecified atom stereocenters. The Bertz CT molecular complexity index is 381. The Morgan fingerprint density at radius 2 is 1.95 bits per heavy atom. The van der Waals surface area contributed by atoms with E-state index in [2.05, 4.69) is 11.9 Å². The SMILES string of the molecule is C=CCN(C(=O)NC1(C(=O)O)CCOCC1)C(C)(C)C. The fraction of sp³-hybridized carbons (Fsp3) is 0.714. The highest BCUT2D eigenvalue weighted by molar-refractivity contribution is 5.86. The summed E-state index contributed by atoms with van der Waals surface area (Å²) in [5, 5.41) is 12.1. The van der Waals surface area contributed by atoms with Crippen LogP contribution >= 0.6 is 0 Å². The van der Waals surface area contributed by atoms with Crippen molar-refractivity contribution in [2.24, 2.45) is 0 Å². The van der Waals surface area contributed by atoms with Crippen LogP contribution in [0.5, 0.6) is 0 Å². The highest BCUT2D eigenvalue weighted by atomic mass is 16.5. The molecule has 1 saturated heterocycles. The molecule has 2 amide bonds. The molecule has 1 aliphatic heterocycles. The van der Waals surface area contributed by atoms with Crippen molar-refractivity contribution in [1.82, 2.24) is 10.2 Å². The van der Waals surface area contributed by atoms with E-state index in [1.54, 1.807) is 11.0 Å². The topological polar surface area (TPSA) is 78.9 Å². The number of hydrogen-bond donors (Lipinski definition) is 2. The number of carbonyl (C=O) groups is 2. The predicted molar refractivity (Wildman–Crippen MR) is 75.6 cm³/mol. The van der Waals surface area contributed by atoms with Crippen LogP contribution in [0.2, 0.25) is 0 Å². The minimum absolute atomic E-state index is 0.278. The number of urea groups is 1. The molecule has 0 radical (unpaired) electrons. The van der Waals surface area contributed by atoms with Gasteiger partial charge in [-0.25, -0.2) is 9.59 Å². The van der Waals surface area contributed by atoms with E-state index in [0.29, 0.717) is 19.8 Å². The number of amides is 2. The van der Waals surface area contributed by atoms with Gasteiger partial charge in [-0.05, 0) is 20.8 Å². The quantitative estimate of drug-likeness (QED) is 0.769. The molecule has 1 rings (SSSR count). The van der Waals surface area contributed by atoms with Crippen LogP contribution < -0.4 is 5.32 Å². The number of nitrogens with zero attached hydrogens (tertiary/aromatic N) is 1. The van der Waals surface area contributed by atoms with Crippen molar-refractivity contribution in [3.05, 3.63) is 12.7 Å². The van der Waals surface area contributed by atoms with Gasteiger partial charge in [-0.2, -0.15) is 0 Å². The molecule has 0 bridgehead atoms. The molecule has 6 nitrogen and oxygen atoms in total. The lowest BCUT2D eigenvalue weighted by Crippen LogP contribution is -2.62. The second kappa shape index (κ2) is 6.26. The van der Waals surface area contributed by atoms with E-state index in [-0.39, 0.29) is 18.9 Å². The van der Waals surface area contributed by atoms with Crippen molar-refractivity contribution in [2.45, 2.75) is 44.7 Å². The molecule has 0 aliphatic carbocycles. The number of carboxylic acids is 1. The molecule has 0 aromatic rings. The van der Waals surface area contributed by atoms with Crippen LogP contribution in [0.15, 0.2) is 12.7 Å².